The summed E-state index contributed by atoms with van der Waals surface area (Å²) in [6, 6.07) is 5.17. The number of sulfonamides is 1. The molecular weight excluding hydrogens is 274 g/mol. The van der Waals surface area contributed by atoms with Crippen molar-refractivity contribution in [1.29, 1.82) is 0 Å². The molecule has 1 aromatic carbocycles. The lowest BCUT2D eigenvalue weighted by Gasteiger charge is -2.07. The van der Waals surface area contributed by atoms with Crippen LogP contribution in [0, 0.1) is 0 Å². The average Bonchev–Trinajstić information content (AvgIpc) is 2.34. The van der Waals surface area contributed by atoms with E-state index in [0.29, 0.717) is 5.56 Å². The Morgan fingerprint density at radius 1 is 1.16 bits per heavy atom. The summed E-state index contributed by atoms with van der Waals surface area (Å²) in [6.45, 7) is -0.825. The van der Waals surface area contributed by atoms with E-state index in [9.17, 15) is 28.2 Å². The van der Waals surface area contributed by atoms with E-state index in [1.54, 1.807) is 0 Å². The molecule has 8 heteroatoms. The molecule has 0 fully saturated rings. The van der Waals surface area contributed by atoms with Crippen LogP contribution in [-0.2, 0) is 19.6 Å². The van der Waals surface area contributed by atoms with Crippen molar-refractivity contribution in [2.75, 3.05) is 6.54 Å². The predicted molar refractivity (Wildman–Crippen MR) is 60.7 cm³/mol. The Labute approximate surface area is 109 Å². The Kier molecular flexibility index (Phi) is 4.79. The Morgan fingerprint density at radius 2 is 1.74 bits per heavy atom. The molecule has 0 aliphatic rings. The van der Waals surface area contributed by atoms with Crippen molar-refractivity contribution in [2.45, 2.75) is 4.90 Å². The number of carbonyl (C=O) groups excluding carboxylic acids is 2. The van der Waals surface area contributed by atoms with Gasteiger partial charge in [-0.3, -0.25) is 0 Å². The fourth-order valence-corrected chi connectivity index (χ4v) is 2.13. The third-order valence-corrected chi connectivity index (χ3v) is 3.43. The third kappa shape index (κ3) is 4.90. The van der Waals surface area contributed by atoms with Crippen LogP contribution in [0.1, 0.15) is 5.56 Å². The zero-order valence-corrected chi connectivity index (χ0v) is 10.3. The highest BCUT2D eigenvalue weighted by molar-refractivity contribution is 7.89. The van der Waals surface area contributed by atoms with Gasteiger partial charge in [-0.25, -0.2) is 13.1 Å². The molecule has 0 aromatic heterocycles. The van der Waals surface area contributed by atoms with E-state index in [0.717, 1.165) is 6.08 Å². The summed E-state index contributed by atoms with van der Waals surface area (Å²) in [5, 5.41) is 20.4. The van der Waals surface area contributed by atoms with Gasteiger partial charge in [0.1, 0.15) is 0 Å². The fraction of sp³-hybridized carbons (Fsp3) is 0.0909. The van der Waals surface area contributed by atoms with Crippen LogP contribution in [0.4, 0.5) is 0 Å². The highest BCUT2D eigenvalue weighted by atomic mass is 32.2. The molecular formula is C11H9NO6S-2. The second-order valence-corrected chi connectivity index (χ2v) is 5.18. The number of carboxylic acids is 2. The molecule has 0 aliphatic heterocycles. The predicted octanol–water partition coefficient (Wildman–Crippen LogP) is -2.52. The molecule has 0 amide bonds. The van der Waals surface area contributed by atoms with Gasteiger partial charge >= 0.3 is 0 Å². The molecule has 0 aliphatic carbocycles. The Hall–Kier alpha value is -2.19. The van der Waals surface area contributed by atoms with Crippen LogP contribution in [0.15, 0.2) is 35.2 Å². The van der Waals surface area contributed by atoms with E-state index in [2.05, 4.69) is 0 Å². The molecule has 1 rings (SSSR count). The van der Waals surface area contributed by atoms with Gasteiger partial charge in [-0.05, 0) is 23.8 Å². The lowest BCUT2D eigenvalue weighted by molar-refractivity contribution is -0.303. The molecule has 0 saturated carbocycles. The summed E-state index contributed by atoms with van der Waals surface area (Å²) in [5.41, 5.74) is 0.461. The zero-order chi connectivity index (χ0) is 14.5. The minimum absolute atomic E-state index is 0.139. The second kappa shape index (κ2) is 6.12. The van der Waals surface area contributed by atoms with Crippen LogP contribution in [0.2, 0.25) is 0 Å². The minimum Gasteiger partial charge on any atom is -0.549 e. The number of benzene rings is 1. The fourth-order valence-electron chi connectivity index (χ4n) is 1.16. The second-order valence-electron chi connectivity index (χ2n) is 3.42. The van der Waals surface area contributed by atoms with Crippen LogP contribution in [-0.4, -0.2) is 26.9 Å². The first-order valence-corrected chi connectivity index (χ1v) is 6.48. The summed E-state index contributed by atoms with van der Waals surface area (Å²) < 4.78 is 25.0. The lowest BCUT2D eigenvalue weighted by Crippen LogP contribution is -2.37. The average molecular weight is 283 g/mol. The van der Waals surface area contributed by atoms with Gasteiger partial charge in [0, 0.05) is 0 Å². The largest absolute Gasteiger partial charge is 0.549 e. The number of nitrogens with one attached hydrogen (secondary N) is 1. The van der Waals surface area contributed by atoms with Crippen LogP contribution in [0.5, 0.6) is 0 Å². The minimum atomic E-state index is -3.93. The first kappa shape index (κ1) is 14.9. The van der Waals surface area contributed by atoms with E-state index < -0.39 is 28.5 Å². The number of hydrogen-bond acceptors (Lipinski definition) is 6. The van der Waals surface area contributed by atoms with Crippen molar-refractivity contribution in [1.82, 2.24) is 4.72 Å². The maximum absolute atomic E-state index is 11.6. The van der Waals surface area contributed by atoms with E-state index in [-0.39, 0.29) is 4.90 Å². The molecule has 1 aromatic rings. The topological polar surface area (TPSA) is 126 Å². The molecule has 19 heavy (non-hydrogen) atoms. The van der Waals surface area contributed by atoms with Gasteiger partial charge in [0.05, 0.1) is 23.4 Å². The van der Waals surface area contributed by atoms with Crippen molar-refractivity contribution in [3.05, 3.63) is 35.9 Å². The molecule has 0 spiro atoms. The number of carbonyl (C=O) groups is 2. The molecule has 0 saturated heterocycles. The monoisotopic (exact) mass is 283 g/mol. The number of aliphatic carboxylic acids is 2. The van der Waals surface area contributed by atoms with Crippen LogP contribution < -0.4 is 14.9 Å². The van der Waals surface area contributed by atoms with Crippen molar-refractivity contribution in [3.8, 4) is 0 Å². The van der Waals surface area contributed by atoms with E-state index in [1.165, 1.54) is 30.3 Å². The smallest absolute Gasteiger partial charge is 0.240 e. The molecule has 0 bridgehead atoms. The summed E-state index contributed by atoms with van der Waals surface area (Å²) >= 11 is 0. The van der Waals surface area contributed by atoms with Crippen molar-refractivity contribution in [3.63, 3.8) is 0 Å². The molecule has 0 heterocycles. The summed E-state index contributed by atoms with van der Waals surface area (Å²) in [4.78, 5) is 20.2. The Morgan fingerprint density at radius 3 is 2.21 bits per heavy atom. The Balaban J connectivity index is 2.86. The van der Waals surface area contributed by atoms with Crippen molar-refractivity contribution in [2.24, 2.45) is 0 Å². The number of carboxylic acid groups (broad SMARTS) is 2. The van der Waals surface area contributed by atoms with Gasteiger partial charge in [0.25, 0.3) is 0 Å². The molecule has 0 radical (unpaired) electrons. The van der Waals surface area contributed by atoms with Crippen molar-refractivity contribution >= 4 is 28.0 Å². The standard InChI is InChI=1S/C11H11NO6S/c13-10(14)6-3-8-1-4-9(5-2-8)19(17,18)12-7-11(15)16/h1-6,12H,7H2,(H,13,14)(H,15,16)/p-2/b6-3+. The van der Waals surface area contributed by atoms with Crippen molar-refractivity contribution < 1.29 is 28.2 Å². The molecule has 7 nitrogen and oxygen atoms in total. The number of rotatable bonds is 6. The van der Waals surface area contributed by atoms with E-state index >= 15 is 0 Å². The van der Waals surface area contributed by atoms with Gasteiger partial charge in [0.15, 0.2) is 0 Å². The number of hydrogen-bond donors (Lipinski definition) is 1. The van der Waals surface area contributed by atoms with Crippen LogP contribution in [0.25, 0.3) is 6.08 Å². The quantitative estimate of drug-likeness (QED) is 0.574. The lowest BCUT2D eigenvalue weighted by atomic mass is 10.2. The van der Waals surface area contributed by atoms with E-state index in [4.69, 9.17) is 0 Å². The van der Waals surface area contributed by atoms with Gasteiger partial charge in [-0.1, -0.05) is 18.2 Å². The van der Waals surface area contributed by atoms with Gasteiger partial charge in [-0.2, -0.15) is 0 Å². The van der Waals surface area contributed by atoms with Gasteiger partial charge in [0.2, 0.25) is 10.0 Å². The first-order valence-electron chi connectivity index (χ1n) is 5.00. The molecule has 102 valence electrons. The maximum atomic E-state index is 11.6. The summed E-state index contributed by atoms with van der Waals surface area (Å²) in [7, 11) is -3.93. The van der Waals surface area contributed by atoms with Crippen LogP contribution in [0.3, 0.4) is 0 Å². The Bertz CT molecular complexity index is 603. The van der Waals surface area contributed by atoms with Gasteiger partial charge < -0.3 is 19.8 Å². The third-order valence-electron chi connectivity index (χ3n) is 2.01. The normalized spacial score (nSPS) is 11.6. The summed E-state index contributed by atoms with van der Waals surface area (Å²) in [5.74, 6) is -2.91. The highest BCUT2D eigenvalue weighted by Crippen LogP contribution is 2.11. The molecule has 0 unspecified atom stereocenters. The zero-order valence-electron chi connectivity index (χ0n) is 9.53. The first-order chi connectivity index (χ1) is 8.81. The SMILES string of the molecule is O=C([O-])/C=C/c1ccc(S(=O)(=O)NCC(=O)[O-])cc1. The maximum Gasteiger partial charge on any atom is 0.240 e. The van der Waals surface area contributed by atoms with Crippen LogP contribution >= 0.6 is 0 Å². The molecule has 1 N–H and O–H groups in total. The highest BCUT2D eigenvalue weighted by Gasteiger charge is 2.12. The molecule has 0 atom stereocenters. The summed E-state index contributed by atoms with van der Waals surface area (Å²) in [6.07, 6.45) is 2.04. The van der Waals surface area contributed by atoms with E-state index in [1.807, 2.05) is 4.72 Å². The van der Waals surface area contributed by atoms with Gasteiger partial charge in [-0.15, -0.1) is 0 Å².